The van der Waals surface area contributed by atoms with Gasteiger partial charge in [0.2, 0.25) is 5.91 Å². The van der Waals surface area contributed by atoms with Crippen LogP contribution in [0.3, 0.4) is 0 Å². The molecule has 0 aliphatic heterocycles. The minimum Gasteiger partial charge on any atom is -0.373 e. The molecule has 0 aliphatic carbocycles. The standard InChI is InChI=1S/C29H31N7OS/c1-20-6-5-7-28(31-20)36-26(21-8-13-25-27(16-21)38-19-30-25)17-23(33-36)18-29(37)32-22-9-11-24(12-10-22)35(4)15-14-34(2)3/h5-13,16-17,19H,14-15,18H2,1-4H3,(H,32,37). The lowest BCUT2D eigenvalue weighted by Crippen LogP contribution is -2.28. The van der Waals surface area contributed by atoms with Gasteiger partial charge in [0.1, 0.15) is 0 Å². The number of nitrogens with one attached hydrogen (secondary N) is 1. The monoisotopic (exact) mass is 525 g/mol. The molecule has 0 atom stereocenters. The SMILES string of the molecule is Cc1cccc(-n2nc(CC(=O)Nc3ccc(N(C)CCN(C)C)cc3)cc2-c2ccc3ncsc3c2)n1. The van der Waals surface area contributed by atoms with Crippen LogP contribution < -0.4 is 10.2 Å². The van der Waals surface area contributed by atoms with E-state index < -0.39 is 0 Å². The number of amides is 1. The van der Waals surface area contributed by atoms with E-state index in [1.54, 1.807) is 11.3 Å². The van der Waals surface area contributed by atoms with Crippen LogP contribution >= 0.6 is 11.3 Å². The van der Waals surface area contributed by atoms with E-state index in [0.717, 1.165) is 51.6 Å². The molecule has 38 heavy (non-hydrogen) atoms. The van der Waals surface area contributed by atoms with Crippen LogP contribution in [-0.4, -0.2) is 64.8 Å². The Morgan fingerprint density at radius 1 is 1.00 bits per heavy atom. The third kappa shape index (κ3) is 5.90. The molecule has 0 fully saturated rings. The first-order valence-electron chi connectivity index (χ1n) is 12.5. The molecule has 0 bridgehead atoms. The van der Waals surface area contributed by atoms with E-state index in [2.05, 4.69) is 52.3 Å². The van der Waals surface area contributed by atoms with E-state index in [1.807, 2.05) is 77.8 Å². The van der Waals surface area contributed by atoms with Crippen molar-refractivity contribution < 1.29 is 4.79 Å². The minimum atomic E-state index is -0.120. The summed E-state index contributed by atoms with van der Waals surface area (Å²) in [4.78, 5) is 26.4. The molecule has 0 saturated heterocycles. The maximum absolute atomic E-state index is 13.0. The van der Waals surface area contributed by atoms with Crippen LogP contribution in [0, 0.1) is 6.92 Å². The van der Waals surface area contributed by atoms with Crippen LogP contribution in [0.5, 0.6) is 0 Å². The predicted octanol–water partition coefficient (Wildman–Crippen LogP) is 5.03. The summed E-state index contributed by atoms with van der Waals surface area (Å²) < 4.78 is 2.92. The number of anilines is 2. The molecule has 0 spiro atoms. The van der Waals surface area contributed by atoms with Crippen LogP contribution in [0.25, 0.3) is 27.3 Å². The second-order valence-electron chi connectivity index (χ2n) is 9.60. The summed E-state index contributed by atoms with van der Waals surface area (Å²) in [6, 6.07) is 21.9. The summed E-state index contributed by atoms with van der Waals surface area (Å²) in [7, 11) is 6.20. The molecule has 2 aromatic carbocycles. The first-order chi connectivity index (χ1) is 18.4. The van der Waals surface area contributed by atoms with Crippen LogP contribution in [-0.2, 0) is 11.2 Å². The lowest BCUT2D eigenvalue weighted by molar-refractivity contribution is -0.115. The second kappa shape index (κ2) is 11.1. The average Bonchev–Trinajstić information content (AvgIpc) is 3.54. The van der Waals surface area contributed by atoms with E-state index >= 15 is 0 Å². The van der Waals surface area contributed by atoms with Crippen molar-refractivity contribution in [2.45, 2.75) is 13.3 Å². The van der Waals surface area contributed by atoms with E-state index in [1.165, 1.54) is 0 Å². The van der Waals surface area contributed by atoms with Gasteiger partial charge in [0.05, 0.1) is 33.5 Å². The zero-order valence-electron chi connectivity index (χ0n) is 22.0. The second-order valence-corrected chi connectivity index (χ2v) is 10.5. The highest BCUT2D eigenvalue weighted by atomic mass is 32.1. The van der Waals surface area contributed by atoms with Crippen molar-refractivity contribution in [1.82, 2.24) is 24.6 Å². The van der Waals surface area contributed by atoms with Crippen LogP contribution in [0.1, 0.15) is 11.4 Å². The fourth-order valence-electron chi connectivity index (χ4n) is 4.21. The molecule has 3 heterocycles. The number of pyridine rings is 1. The van der Waals surface area contributed by atoms with Crippen LogP contribution in [0.2, 0.25) is 0 Å². The van der Waals surface area contributed by atoms with E-state index in [-0.39, 0.29) is 12.3 Å². The smallest absolute Gasteiger partial charge is 0.230 e. The molecule has 0 aliphatic rings. The van der Waals surface area contributed by atoms with Crippen LogP contribution in [0.15, 0.2) is 72.2 Å². The Kier molecular flexibility index (Phi) is 7.48. The van der Waals surface area contributed by atoms with Gasteiger partial charge in [-0.1, -0.05) is 12.1 Å². The molecule has 1 amide bonds. The molecule has 5 rings (SSSR count). The highest BCUT2D eigenvalue weighted by molar-refractivity contribution is 7.16. The first kappa shape index (κ1) is 25.6. The Bertz CT molecular complexity index is 1560. The van der Waals surface area contributed by atoms with Crippen molar-refractivity contribution in [2.75, 3.05) is 44.4 Å². The quantitative estimate of drug-likeness (QED) is 0.291. The Morgan fingerprint density at radius 3 is 2.58 bits per heavy atom. The molecular formula is C29H31N7OS. The molecule has 1 N–H and O–H groups in total. The van der Waals surface area contributed by atoms with Crippen molar-refractivity contribution in [1.29, 1.82) is 0 Å². The van der Waals surface area contributed by atoms with Gasteiger partial charge in [-0.25, -0.2) is 14.6 Å². The van der Waals surface area contributed by atoms with Crippen molar-refractivity contribution in [3.63, 3.8) is 0 Å². The van der Waals surface area contributed by atoms with Crippen molar-refractivity contribution in [2.24, 2.45) is 0 Å². The Balaban J connectivity index is 1.35. The number of aromatic nitrogens is 4. The number of thiazole rings is 1. The van der Waals surface area contributed by atoms with Crippen molar-refractivity contribution >= 4 is 38.8 Å². The normalized spacial score (nSPS) is 11.3. The van der Waals surface area contributed by atoms with Gasteiger partial charge < -0.3 is 15.1 Å². The molecule has 8 nitrogen and oxygen atoms in total. The zero-order chi connectivity index (χ0) is 26.6. The highest BCUT2D eigenvalue weighted by Gasteiger charge is 2.16. The Hall–Kier alpha value is -4.08. The molecule has 9 heteroatoms. The van der Waals surface area contributed by atoms with E-state index in [0.29, 0.717) is 11.5 Å². The predicted molar refractivity (Wildman–Crippen MR) is 155 cm³/mol. The topological polar surface area (TPSA) is 79.2 Å². The molecule has 0 unspecified atom stereocenters. The summed E-state index contributed by atoms with van der Waals surface area (Å²) in [5.74, 6) is 0.593. The summed E-state index contributed by atoms with van der Waals surface area (Å²) in [6.07, 6.45) is 0.152. The maximum Gasteiger partial charge on any atom is 0.230 e. The number of rotatable bonds is 9. The summed E-state index contributed by atoms with van der Waals surface area (Å²) >= 11 is 1.60. The molecule has 5 aromatic rings. The first-order valence-corrected chi connectivity index (χ1v) is 13.4. The third-order valence-corrected chi connectivity index (χ3v) is 7.09. The van der Waals surface area contributed by atoms with Gasteiger partial charge in [0, 0.05) is 42.8 Å². The van der Waals surface area contributed by atoms with E-state index in [9.17, 15) is 4.79 Å². The fraction of sp³-hybridized carbons (Fsp3) is 0.241. The van der Waals surface area contributed by atoms with Crippen LogP contribution in [0.4, 0.5) is 11.4 Å². The minimum absolute atomic E-state index is 0.120. The van der Waals surface area contributed by atoms with Crippen molar-refractivity contribution in [3.8, 4) is 17.1 Å². The summed E-state index contributed by atoms with van der Waals surface area (Å²) in [6.45, 7) is 3.85. The maximum atomic E-state index is 13.0. The number of nitrogens with zero attached hydrogens (tertiary/aromatic N) is 6. The number of carbonyl (C=O) groups is 1. The fourth-order valence-corrected chi connectivity index (χ4v) is 4.92. The molecule has 3 aromatic heterocycles. The number of hydrogen-bond donors (Lipinski definition) is 1. The van der Waals surface area contributed by atoms with Crippen molar-refractivity contribution in [3.05, 3.63) is 83.6 Å². The number of fused-ring (bicyclic) bond motifs is 1. The zero-order valence-corrected chi connectivity index (χ0v) is 22.9. The van der Waals surface area contributed by atoms with Gasteiger partial charge in [-0.15, -0.1) is 11.3 Å². The lowest BCUT2D eigenvalue weighted by Gasteiger charge is -2.21. The van der Waals surface area contributed by atoms with Gasteiger partial charge in [0.15, 0.2) is 5.82 Å². The van der Waals surface area contributed by atoms with Gasteiger partial charge in [0.25, 0.3) is 0 Å². The van der Waals surface area contributed by atoms with Gasteiger partial charge >= 0.3 is 0 Å². The summed E-state index contributed by atoms with van der Waals surface area (Å²) in [5, 5.41) is 7.80. The largest absolute Gasteiger partial charge is 0.373 e. The number of likely N-dealkylation sites (N-methyl/N-ethyl adjacent to an activating group) is 2. The molecular weight excluding hydrogens is 494 g/mol. The third-order valence-electron chi connectivity index (χ3n) is 6.29. The van der Waals surface area contributed by atoms with Gasteiger partial charge in [-0.05, 0) is 75.6 Å². The highest BCUT2D eigenvalue weighted by Crippen LogP contribution is 2.29. The molecule has 194 valence electrons. The lowest BCUT2D eigenvalue weighted by atomic mass is 10.1. The number of hydrogen-bond acceptors (Lipinski definition) is 7. The Morgan fingerprint density at radius 2 is 1.82 bits per heavy atom. The van der Waals surface area contributed by atoms with Gasteiger partial charge in [-0.2, -0.15) is 5.10 Å². The number of benzene rings is 2. The summed E-state index contributed by atoms with van der Waals surface area (Å²) in [5.41, 5.74) is 8.13. The number of aryl methyl sites for hydroxylation is 1. The molecule has 0 saturated carbocycles. The Labute approximate surface area is 226 Å². The van der Waals surface area contributed by atoms with E-state index in [4.69, 9.17) is 5.10 Å². The number of carbonyl (C=O) groups excluding carboxylic acids is 1. The van der Waals surface area contributed by atoms with Gasteiger partial charge in [-0.3, -0.25) is 4.79 Å². The average molecular weight is 526 g/mol. The molecule has 0 radical (unpaired) electrons.